The van der Waals surface area contributed by atoms with Gasteiger partial charge in [0.05, 0.1) is 6.04 Å². The first kappa shape index (κ1) is 19.2. The first-order valence-electron chi connectivity index (χ1n) is 9.23. The van der Waals surface area contributed by atoms with Crippen LogP contribution in [0.2, 0.25) is 0 Å². The molecule has 6 nitrogen and oxygen atoms in total. The van der Waals surface area contributed by atoms with Gasteiger partial charge in [0.15, 0.2) is 0 Å². The predicted octanol–water partition coefficient (Wildman–Crippen LogP) is 2.50. The van der Waals surface area contributed by atoms with Crippen LogP contribution in [-0.4, -0.2) is 55.3 Å². The third kappa shape index (κ3) is 3.34. The van der Waals surface area contributed by atoms with E-state index in [0.29, 0.717) is 38.2 Å². The molecule has 0 aromatic heterocycles. The molecule has 1 amide bonds. The first-order valence-corrected chi connectivity index (χ1v) is 10.7. The molecule has 0 unspecified atom stereocenters. The van der Waals surface area contributed by atoms with Crippen LogP contribution < -0.4 is 4.74 Å². The number of hydrogen-bond acceptors (Lipinski definition) is 4. The van der Waals surface area contributed by atoms with Crippen molar-refractivity contribution in [3.05, 3.63) is 24.3 Å². The van der Waals surface area contributed by atoms with Crippen molar-refractivity contribution in [3.63, 3.8) is 0 Å². The van der Waals surface area contributed by atoms with Gasteiger partial charge in [0.2, 0.25) is 15.9 Å². The summed E-state index contributed by atoms with van der Waals surface area (Å²) < 4.78 is 34.0. The molecule has 2 atom stereocenters. The van der Waals surface area contributed by atoms with Crippen molar-refractivity contribution in [1.29, 1.82) is 0 Å². The van der Waals surface area contributed by atoms with Crippen molar-refractivity contribution in [2.75, 3.05) is 19.6 Å². The number of hydrogen-bond donors (Lipinski definition) is 0. The van der Waals surface area contributed by atoms with Gasteiger partial charge in [-0.05, 0) is 18.6 Å². The fraction of sp³-hybridized carbons (Fsp3) is 0.632. The van der Waals surface area contributed by atoms with E-state index < -0.39 is 15.4 Å². The molecule has 0 radical (unpaired) electrons. The number of rotatable bonds is 1. The van der Waals surface area contributed by atoms with Crippen LogP contribution in [0.1, 0.15) is 40.5 Å². The average Bonchev–Trinajstić information content (AvgIpc) is 2.81. The van der Waals surface area contributed by atoms with E-state index in [2.05, 4.69) is 0 Å². The fourth-order valence-electron chi connectivity index (χ4n) is 3.84. The molecule has 0 spiro atoms. The number of nitrogens with zero attached hydrogens (tertiary/aromatic N) is 2. The summed E-state index contributed by atoms with van der Waals surface area (Å²) in [6.07, 6.45) is 0.937. The monoisotopic (exact) mass is 380 g/mol. The minimum Gasteiger partial charge on any atom is -0.487 e. The van der Waals surface area contributed by atoms with Crippen molar-refractivity contribution >= 4 is 15.9 Å². The lowest BCUT2D eigenvalue weighted by molar-refractivity contribution is -0.139. The zero-order valence-corrected chi connectivity index (χ0v) is 16.8. The van der Waals surface area contributed by atoms with Crippen molar-refractivity contribution < 1.29 is 17.9 Å². The minimum absolute atomic E-state index is 0.0975. The quantitative estimate of drug-likeness (QED) is 0.751. The Bertz CT molecular complexity index is 785. The molecular formula is C19H28N2O4S. The summed E-state index contributed by atoms with van der Waals surface area (Å²) in [5.41, 5.74) is -0.448. The van der Waals surface area contributed by atoms with Crippen molar-refractivity contribution in [2.24, 2.45) is 5.41 Å². The maximum atomic E-state index is 13.2. The van der Waals surface area contributed by atoms with Crippen LogP contribution in [0.15, 0.2) is 29.2 Å². The van der Waals surface area contributed by atoms with E-state index in [1.54, 1.807) is 28.6 Å². The lowest BCUT2D eigenvalue weighted by atomic mass is 9.94. The van der Waals surface area contributed by atoms with Gasteiger partial charge < -0.3 is 9.64 Å². The second-order valence-corrected chi connectivity index (χ2v) is 9.86. The molecule has 0 saturated carbocycles. The zero-order chi connectivity index (χ0) is 19.1. The first-order chi connectivity index (χ1) is 12.2. The summed E-state index contributed by atoms with van der Waals surface area (Å²) in [5, 5.41) is 0. The summed E-state index contributed by atoms with van der Waals surface area (Å²) >= 11 is 0. The molecule has 26 heavy (non-hydrogen) atoms. The number of likely N-dealkylation sites (tertiary alicyclic amines) is 1. The second kappa shape index (κ2) is 6.85. The molecule has 2 heterocycles. The maximum absolute atomic E-state index is 13.2. The summed E-state index contributed by atoms with van der Waals surface area (Å²) in [4.78, 5) is 14.8. The number of para-hydroxylation sites is 1. The van der Waals surface area contributed by atoms with Gasteiger partial charge >= 0.3 is 0 Å². The maximum Gasteiger partial charge on any atom is 0.247 e. The Morgan fingerprint density at radius 1 is 1.19 bits per heavy atom. The molecule has 1 aromatic carbocycles. The molecule has 0 bridgehead atoms. The van der Waals surface area contributed by atoms with Crippen LogP contribution in [0, 0.1) is 5.41 Å². The summed E-state index contributed by atoms with van der Waals surface area (Å²) in [5.74, 6) is 0.509. The largest absolute Gasteiger partial charge is 0.487 e. The third-order valence-electron chi connectivity index (χ3n) is 5.13. The van der Waals surface area contributed by atoms with Crippen LogP contribution in [0.3, 0.4) is 0 Å². The van der Waals surface area contributed by atoms with E-state index in [-0.39, 0.29) is 22.9 Å². The van der Waals surface area contributed by atoms with Crippen LogP contribution in [0.5, 0.6) is 5.75 Å². The van der Waals surface area contributed by atoms with Crippen LogP contribution >= 0.6 is 0 Å². The number of fused-ring (bicyclic) bond motifs is 2. The topological polar surface area (TPSA) is 66.9 Å². The van der Waals surface area contributed by atoms with Gasteiger partial charge in [0.1, 0.15) is 16.7 Å². The number of carbonyl (C=O) groups is 1. The highest BCUT2D eigenvalue weighted by Crippen LogP contribution is 2.36. The van der Waals surface area contributed by atoms with Gasteiger partial charge in [-0.25, -0.2) is 8.42 Å². The Labute approximate surface area is 156 Å². The molecule has 0 aliphatic carbocycles. The minimum atomic E-state index is -3.62. The average molecular weight is 381 g/mol. The van der Waals surface area contributed by atoms with Crippen LogP contribution in [0.4, 0.5) is 0 Å². The predicted molar refractivity (Wildman–Crippen MR) is 99.5 cm³/mol. The summed E-state index contributed by atoms with van der Waals surface area (Å²) in [6, 6.07) is 6.56. The highest BCUT2D eigenvalue weighted by atomic mass is 32.2. The van der Waals surface area contributed by atoms with Gasteiger partial charge in [0.25, 0.3) is 0 Å². The Kier molecular flexibility index (Phi) is 5.05. The number of ether oxygens (including phenoxy) is 1. The Hall–Kier alpha value is -1.60. The van der Waals surface area contributed by atoms with Crippen LogP contribution in [-0.2, 0) is 14.8 Å². The number of sulfonamides is 1. The Morgan fingerprint density at radius 3 is 2.50 bits per heavy atom. The van der Waals surface area contributed by atoms with E-state index in [4.69, 9.17) is 4.74 Å². The van der Waals surface area contributed by atoms with E-state index in [0.717, 1.165) is 0 Å². The van der Waals surface area contributed by atoms with Gasteiger partial charge in [-0.1, -0.05) is 39.8 Å². The van der Waals surface area contributed by atoms with Gasteiger partial charge in [0, 0.05) is 31.5 Å². The molecule has 1 aromatic rings. The molecule has 2 aliphatic rings. The lowest BCUT2D eigenvalue weighted by Crippen LogP contribution is -2.47. The van der Waals surface area contributed by atoms with E-state index in [1.807, 2.05) is 32.6 Å². The smallest absolute Gasteiger partial charge is 0.247 e. The fourth-order valence-corrected chi connectivity index (χ4v) is 5.65. The molecule has 2 aliphatic heterocycles. The Morgan fingerprint density at radius 2 is 1.85 bits per heavy atom. The molecule has 3 rings (SSSR count). The molecular weight excluding hydrogens is 352 g/mol. The molecule has 7 heteroatoms. The summed E-state index contributed by atoms with van der Waals surface area (Å²) in [6.45, 7) is 9.09. The molecule has 1 fully saturated rings. The summed E-state index contributed by atoms with van der Waals surface area (Å²) in [7, 11) is -3.62. The van der Waals surface area contributed by atoms with Crippen molar-refractivity contribution in [2.45, 2.75) is 57.6 Å². The van der Waals surface area contributed by atoms with Crippen molar-refractivity contribution in [1.82, 2.24) is 9.21 Å². The number of benzene rings is 1. The number of likely N-dealkylation sites (N-methyl/N-ethyl adjacent to an activating group) is 1. The van der Waals surface area contributed by atoms with E-state index in [1.165, 1.54) is 0 Å². The highest BCUT2D eigenvalue weighted by Gasteiger charge is 2.43. The molecule has 0 N–H and O–H groups in total. The van der Waals surface area contributed by atoms with E-state index in [9.17, 15) is 13.2 Å². The molecule has 144 valence electrons. The zero-order valence-electron chi connectivity index (χ0n) is 15.9. The third-order valence-corrected chi connectivity index (χ3v) is 7.17. The SMILES string of the molecule is CCN1[C@@H]2CCN(C(=O)C(C)(C)C)CC[C@H]2Oc2ccccc2S1(=O)=O. The number of amides is 1. The number of carbonyl (C=O) groups excluding carboxylic acids is 1. The van der Waals surface area contributed by atoms with Crippen LogP contribution in [0.25, 0.3) is 0 Å². The van der Waals surface area contributed by atoms with E-state index >= 15 is 0 Å². The van der Waals surface area contributed by atoms with Crippen molar-refractivity contribution in [3.8, 4) is 5.75 Å². The highest BCUT2D eigenvalue weighted by molar-refractivity contribution is 7.89. The normalized spacial score (nSPS) is 26.1. The van der Waals surface area contributed by atoms with Gasteiger partial charge in [-0.15, -0.1) is 0 Å². The lowest BCUT2D eigenvalue weighted by Gasteiger charge is -2.31. The van der Waals surface area contributed by atoms with Gasteiger partial charge in [-0.2, -0.15) is 4.31 Å². The molecule has 1 saturated heterocycles. The standard InChI is InChI=1S/C19H28N2O4S/c1-5-21-14-10-12-20(18(22)19(2,3)4)13-11-15(14)25-16-8-6-7-9-17(16)26(21,23)24/h6-9,14-15H,5,10-13H2,1-4H3/t14-,15-/m1/s1. The second-order valence-electron chi connectivity index (χ2n) is 8.00. The van der Waals surface area contributed by atoms with Gasteiger partial charge in [-0.3, -0.25) is 4.79 Å². The Balaban J connectivity index is 1.95.